The Morgan fingerprint density at radius 3 is 2.25 bits per heavy atom. The maximum atomic E-state index is 12.2. The van der Waals surface area contributed by atoms with E-state index < -0.39 is 11.7 Å². The van der Waals surface area contributed by atoms with Crippen LogP contribution in [0.2, 0.25) is 0 Å². The van der Waals surface area contributed by atoms with Crippen LogP contribution >= 0.6 is 0 Å². The molecular formula is C23H27N3O2. The van der Waals surface area contributed by atoms with E-state index in [0.717, 1.165) is 12.1 Å². The van der Waals surface area contributed by atoms with Crippen LogP contribution in [0, 0.1) is 0 Å². The van der Waals surface area contributed by atoms with Gasteiger partial charge < -0.3 is 4.74 Å². The normalized spacial score (nSPS) is 12.8. The Morgan fingerprint density at radius 2 is 1.68 bits per heavy atom. The van der Waals surface area contributed by atoms with Gasteiger partial charge in [0, 0.05) is 5.69 Å². The topological polar surface area (TPSA) is 63.0 Å². The van der Waals surface area contributed by atoms with Crippen LogP contribution in [-0.4, -0.2) is 11.7 Å². The Balaban J connectivity index is 1.91. The molecule has 0 saturated heterocycles. The van der Waals surface area contributed by atoms with Gasteiger partial charge in [-0.1, -0.05) is 36.4 Å². The summed E-state index contributed by atoms with van der Waals surface area (Å²) in [6.45, 7) is 9.74. The Hall–Kier alpha value is -3.21. The second-order valence-electron chi connectivity index (χ2n) is 6.93. The summed E-state index contributed by atoms with van der Waals surface area (Å²) in [7, 11) is 0. The summed E-state index contributed by atoms with van der Waals surface area (Å²) >= 11 is 0. The van der Waals surface area contributed by atoms with Crippen molar-refractivity contribution in [2.45, 2.75) is 39.2 Å². The minimum absolute atomic E-state index is 0.515. The van der Waals surface area contributed by atoms with E-state index in [1.165, 1.54) is 5.57 Å². The van der Waals surface area contributed by atoms with Crippen LogP contribution in [0.4, 0.5) is 21.9 Å². The van der Waals surface area contributed by atoms with Gasteiger partial charge in [-0.3, -0.25) is 5.32 Å². The molecule has 1 amide bonds. The molecular weight excluding hydrogens is 350 g/mol. The van der Waals surface area contributed by atoms with Gasteiger partial charge in [0.1, 0.15) is 5.60 Å². The zero-order valence-corrected chi connectivity index (χ0v) is 16.7. The van der Waals surface area contributed by atoms with E-state index in [0.29, 0.717) is 17.8 Å². The van der Waals surface area contributed by atoms with Crippen molar-refractivity contribution in [2.24, 2.45) is 10.2 Å². The van der Waals surface area contributed by atoms with E-state index in [-0.39, 0.29) is 0 Å². The molecule has 5 heteroatoms. The molecule has 0 aliphatic rings. The van der Waals surface area contributed by atoms with E-state index >= 15 is 0 Å². The number of rotatable bonds is 8. The maximum absolute atomic E-state index is 12.2. The van der Waals surface area contributed by atoms with Crippen molar-refractivity contribution in [3.8, 4) is 0 Å². The fourth-order valence-electron chi connectivity index (χ4n) is 2.42. The fourth-order valence-corrected chi connectivity index (χ4v) is 2.42. The van der Waals surface area contributed by atoms with E-state index in [1.54, 1.807) is 30.3 Å². The molecule has 0 aromatic heterocycles. The zero-order valence-electron chi connectivity index (χ0n) is 16.7. The molecule has 0 heterocycles. The number of nitrogens with zero attached hydrogens (tertiary/aromatic N) is 2. The third-order valence-electron chi connectivity index (χ3n) is 4.10. The monoisotopic (exact) mass is 377 g/mol. The third kappa shape index (κ3) is 7.19. The van der Waals surface area contributed by atoms with Gasteiger partial charge >= 0.3 is 6.09 Å². The van der Waals surface area contributed by atoms with Crippen molar-refractivity contribution in [3.63, 3.8) is 0 Å². The summed E-state index contributed by atoms with van der Waals surface area (Å²) < 4.78 is 5.57. The molecule has 2 aromatic rings. The summed E-state index contributed by atoms with van der Waals surface area (Å²) in [6.07, 6.45) is 4.76. The van der Waals surface area contributed by atoms with Crippen molar-refractivity contribution >= 4 is 23.2 Å². The predicted octanol–water partition coefficient (Wildman–Crippen LogP) is 7.34. The molecule has 5 nitrogen and oxygen atoms in total. The second kappa shape index (κ2) is 10.2. The highest BCUT2D eigenvalue weighted by Crippen LogP contribution is 2.23. The average Bonchev–Trinajstić information content (AvgIpc) is 2.68. The molecule has 0 aliphatic heterocycles. The lowest BCUT2D eigenvalue weighted by atomic mass is 9.99. The van der Waals surface area contributed by atoms with Crippen LogP contribution in [0.25, 0.3) is 0 Å². The lowest BCUT2D eigenvalue weighted by molar-refractivity contribution is 0.0654. The smallest absolute Gasteiger partial charge is 0.412 e. The summed E-state index contributed by atoms with van der Waals surface area (Å²) in [5.41, 5.74) is 2.62. The highest BCUT2D eigenvalue weighted by Gasteiger charge is 2.24. The number of azo groups is 1. The number of carbonyl (C=O) groups excluding carboxylic acids is 1. The van der Waals surface area contributed by atoms with Crippen LogP contribution in [-0.2, 0) is 4.74 Å². The second-order valence-corrected chi connectivity index (χ2v) is 6.93. The molecule has 0 saturated carbocycles. The number of ether oxygens (including phenoxy) is 1. The minimum atomic E-state index is -0.722. The Labute approximate surface area is 166 Å². The van der Waals surface area contributed by atoms with E-state index in [9.17, 15) is 4.79 Å². The van der Waals surface area contributed by atoms with Crippen LogP contribution in [0.5, 0.6) is 0 Å². The number of allylic oxidation sites excluding steroid dienone is 2. The first-order valence-electron chi connectivity index (χ1n) is 9.24. The van der Waals surface area contributed by atoms with E-state index in [4.69, 9.17) is 4.74 Å². The molecule has 1 atom stereocenters. The lowest BCUT2D eigenvalue weighted by Gasteiger charge is -2.25. The first kappa shape index (κ1) is 21.1. The number of hydrogen-bond acceptors (Lipinski definition) is 4. The first-order chi connectivity index (χ1) is 13.4. The number of hydrogen-bond donors (Lipinski definition) is 1. The molecule has 0 aliphatic carbocycles. The summed E-state index contributed by atoms with van der Waals surface area (Å²) in [6, 6.07) is 16.6. The summed E-state index contributed by atoms with van der Waals surface area (Å²) in [5.74, 6) is 0. The molecule has 2 rings (SSSR count). The summed E-state index contributed by atoms with van der Waals surface area (Å²) in [5, 5.41) is 11.1. The molecule has 0 spiro atoms. The van der Waals surface area contributed by atoms with Crippen molar-refractivity contribution in [1.29, 1.82) is 0 Å². The molecule has 1 unspecified atom stereocenters. The van der Waals surface area contributed by atoms with Crippen LogP contribution in [0.1, 0.15) is 33.6 Å². The van der Waals surface area contributed by atoms with Gasteiger partial charge in [0.25, 0.3) is 0 Å². The van der Waals surface area contributed by atoms with Crippen LogP contribution in [0.3, 0.4) is 0 Å². The van der Waals surface area contributed by atoms with Crippen molar-refractivity contribution in [1.82, 2.24) is 0 Å². The van der Waals surface area contributed by atoms with Gasteiger partial charge in [0.2, 0.25) is 0 Å². The van der Waals surface area contributed by atoms with Crippen LogP contribution in [0.15, 0.2) is 89.1 Å². The maximum Gasteiger partial charge on any atom is 0.412 e. The molecule has 0 radical (unpaired) electrons. The largest absolute Gasteiger partial charge is 0.439 e. The van der Waals surface area contributed by atoms with Gasteiger partial charge in [0.05, 0.1) is 11.4 Å². The van der Waals surface area contributed by atoms with Gasteiger partial charge in [0.15, 0.2) is 0 Å². The van der Waals surface area contributed by atoms with Gasteiger partial charge in [-0.15, -0.1) is 0 Å². The Morgan fingerprint density at radius 1 is 1.07 bits per heavy atom. The molecule has 2 aromatic carbocycles. The number of benzene rings is 2. The standard InChI is InChI=1S/C23H27N3O2/c1-5-23(4,17-9-10-18(2)3)28-22(27)24-19-13-15-21(16-14-19)26-25-20-11-7-6-8-12-20/h5-8,10-16H,1,9,17H2,2-4H3,(H,24,27). The zero-order chi connectivity index (χ0) is 20.4. The molecule has 0 fully saturated rings. The van der Waals surface area contributed by atoms with Crippen molar-refractivity contribution in [2.75, 3.05) is 5.32 Å². The highest BCUT2D eigenvalue weighted by molar-refractivity contribution is 5.85. The number of nitrogens with one attached hydrogen (secondary N) is 1. The van der Waals surface area contributed by atoms with Gasteiger partial charge in [-0.05, 0) is 76.1 Å². The van der Waals surface area contributed by atoms with Crippen molar-refractivity contribution < 1.29 is 9.53 Å². The third-order valence-corrected chi connectivity index (χ3v) is 4.10. The van der Waals surface area contributed by atoms with Crippen molar-refractivity contribution in [3.05, 3.63) is 78.9 Å². The van der Waals surface area contributed by atoms with E-state index in [2.05, 4.69) is 28.2 Å². The molecule has 146 valence electrons. The predicted molar refractivity (Wildman–Crippen MR) is 114 cm³/mol. The summed E-state index contributed by atoms with van der Waals surface area (Å²) in [4.78, 5) is 12.2. The lowest BCUT2D eigenvalue weighted by Crippen LogP contribution is -2.31. The molecule has 1 N–H and O–H groups in total. The molecule has 28 heavy (non-hydrogen) atoms. The van der Waals surface area contributed by atoms with Gasteiger partial charge in [-0.2, -0.15) is 10.2 Å². The first-order valence-corrected chi connectivity index (χ1v) is 9.24. The number of amides is 1. The fraction of sp³-hybridized carbons (Fsp3) is 0.261. The minimum Gasteiger partial charge on any atom is -0.439 e. The molecule has 0 bridgehead atoms. The Kier molecular flexibility index (Phi) is 7.69. The average molecular weight is 377 g/mol. The Bertz CT molecular complexity index is 838. The van der Waals surface area contributed by atoms with E-state index in [1.807, 2.05) is 51.1 Å². The number of anilines is 1. The van der Waals surface area contributed by atoms with Gasteiger partial charge in [-0.25, -0.2) is 4.79 Å². The van der Waals surface area contributed by atoms with Crippen LogP contribution < -0.4 is 5.32 Å². The number of carbonyl (C=O) groups is 1. The highest BCUT2D eigenvalue weighted by atomic mass is 16.6. The SMILES string of the molecule is C=CC(C)(CCC=C(C)C)OC(=O)Nc1ccc(N=Nc2ccccc2)cc1. The quantitative estimate of drug-likeness (QED) is 0.386.